The third kappa shape index (κ3) is 2.96. The van der Waals surface area contributed by atoms with Crippen LogP contribution in [0.25, 0.3) is 0 Å². The summed E-state index contributed by atoms with van der Waals surface area (Å²) in [6.07, 6.45) is 5.48. The van der Waals surface area contributed by atoms with Crippen molar-refractivity contribution in [2.24, 2.45) is 23.7 Å². The van der Waals surface area contributed by atoms with Crippen LogP contribution in [0.15, 0.2) is 11.6 Å². The molecule has 0 saturated heterocycles. The number of allylic oxidation sites excluding steroid dienone is 2. The predicted molar refractivity (Wildman–Crippen MR) is 61.2 cm³/mol. The van der Waals surface area contributed by atoms with E-state index in [-0.39, 0.29) is 24.2 Å². The summed E-state index contributed by atoms with van der Waals surface area (Å²) in [5, 5.41) is 0. The highest BCUT2D eigenvalue weighted by Gasteiger charge is 2.33. The van der Waals surface area contributed by atoms with Crippen molar-refractivity contribution in [3.63, 3.8) is 0 Å². The number of carbonyl (C=O) groups excluding carboxylic acids is 4. The highest BCUT2D eigenvalue weighted by molar-refractivity contribution is 5.70. The smallest absolute Gasteiger partial charge is 0.127 e. The molecule has 0 N–H and O–H groups in total. The third-order valence-corrected chi connectivity index (χ3v) is 3.42. The minimum atomic E-state index is -0.391. The average molecular weight is 236 g/mol. The first-order valence-corrected chi connectivity index (χ1v) is 5.65. The molecule has 0 aromatic carbocycles. The van der Waals surface area contributed by atoms with E-state index >= 15 is 0 Å². The first-order chi connectivity index (χ1) is 8.17. The Morgan fingerprint density at radius 1 is 1.29 bits per heavy atom. The number of hydrogen-bond donors (Lipinski definition) is 0. The molecular formula is C13H16O4. The summed E-state index contributed by atoms with van der Waals surface area (Å²) in [5.41, 5.74) is 0.811. The van der Waals surface area contributed by atoms with Crippen LogP contribution in [0.5, 0.6) is 0 Å². The van der Waals surface area contributed by atoms with E-state index in [1.807, 2.05) is 6.08 Å². The van der Waals surface area contributed by atoms with Gasteiger partial charge in [-0.1, -0.05) is 11.6 Å². The first-order valence-electron chi connectivity index (χ1n) is 5.65. The highest BCUT2D eigenvalue weighted by Crippen LogP contribution is 2.35. The summed E-state index contributed by atoms with van der Waals surface area (Å²) in [5.74, 6) is -1.27. The summed E-state index contributed by atoms with van der Waals surface area (Å²) in [6, 6.07) is 0. The van der Waals surface area contributed by atoms with Crippen LogP contribution in [0.3, 0.4) is 0 Å². The average Bonchev–Trinajstić information content (AvgIpc) is 2.34. The molecule has 1 rings (SSSR count). The van der Waals surface area contributed by atoms with Crippen LogP contribution in [0, 0.1) is 23.7 Å². The van der Waals surface area contributed by atoms with E-state index in [1.165, 1.54) is 0 Å². The van der Waals surface area contributed by atoms with E-state index in [1.54, 1.807) is 6.92 Å². The molecule has 92 valence electrons. The quantitative estimate of drug-likeness (QED) is 0.509. The second-order valence-corrected chi connectivity index (χ2v) is 4.47. The minimum absolute atomic E-state index is 0.121. The van der Waals surface area contributed by atoms with Crippen molar-refractivity contribution < 1.29 is 19.2 Å². The highest BCUT2D eigenvalue weighted by atomic mass is 16.1. The Bertz CT molecular complexity index is 345. The molecule has 0 heterocycles. The molecule has 0 bridgehead atoms. The largest absolute Gasteiger partial charge is 0.303 e. The topological polar surface area (TPSA) is 68.3 Å². The molecule has 4 nitrogen and oxygen atoms in total. The van der Waals surface area contributed by atoms with Gasteiger partial charge in [0, 0.05) is 24.2 Å². The Morgan fingerprint density at radius 2 is 2.00 bits per heavy atom. The standard InChI is InChI=1S/C13H16O4/c1-9-4-11(10(6-15)2-3-14)5-12(7-16)13(9)8-17/h3-4,6-8,10-13H,2,5H2,1H3. The van der Waals surface area contributed by atoms with Crippen LogP contribution in [0.2, 0.25) is 0 Å². The molecule has 0 aromatic heterocycles. The zero-order valence-corrected chi connectivity index (χ0v) is 9.74. The zero-order valence-electron chi connectivity index (χ0n) is 9.74. The van der Waals surface area contributed by atoms with Gasteiger partial charge in [0.15, 0.2) is 0 Å². The van der Waals surface area contributed by atoms with Crippen molar-refractivity contribution in [1.82, 2.24) is 0 Å². The molecule has 17 heavy (non-hydrogen) atoms. The van der Waals surface area contributed by atoms with Crippen molar-refractivity contribution in [3.8, 4) is 0 Å². The molecule has 0 aromatic rings. The van der Waals surface area contributed by atoms with Crippen molar-refractivity contribution >= 4 is 25.1 Å². The summed E-state index contributed by atoms with van der Waals surface area (Å²) in [6.45, 7) is 1.78. The summed E-state index contributed by atoms with van der Waals surface area (Å²) in [4.78, 5) is 43.2. The van der Waals surface area contributed by atoms with Gasteiger partial charge in [0.1, 0.15) is 25.1 Å². The molecule has 0 radical (unpaired) electrons. The van der Waals surface area contributed by atoms with E-state index in [4.69, 9.17) is 0 Å². The second-order valence-electron chi connectivity index (χ2n) is 4.47. The van der Waals surface area contributed by atoms with Crippen LogP contribution < -0.4 is 0 Å². The van der Waals surface area contributed by atoms with Gasteiger partial charge in [0.2, 0.25) is 0 Å². The molecule has 1 aliphatic rings. The third-order valence-electron chi connectivity index (χ3n) is 3.42. The second kappa shape index (κ2) is 6.23. The fourth-order valence-electron chi connectivity index (χ4n) is 2.40. The Balaban J connectivity index is 2.93. The van der Waals surface area contributed by atoms with Gasteiger partial charge >= 0.3 is 0 Å². The van der Waals surface area contributed by atoms with Gasteiger partial charge in [0.05, 0.1) is 0 Å². The molecule has 0 fully saturated rings. The normalized spacial score (nSPS) is 29.9. The van der Waals surface area contributed by atoms with E-state index in [9.17, 15) is 19.2 Å². The van der Waals surface area contributed by atoms with Crippen LogP contribution in [0.1, 0.15) is 19.8 Å². The zero-order chi connectivity index (χ0) is 12.8. The van der Waals surface area contributed by atoms with Gasteiger partial charge in [-0.2, -0.15) is 0 Å². The summed E-state index contributed by atoms with van der Waals surface area (Å²) < 4.78 is 0. The van der Waals surface area contributed by atoms with E-state index < -0.39 is 5.92 Å². The van der Waals surface area contributed by atoms with Crippen molar-refractivity contribution in [2.45, 2.75) is 19.8 Å². The fourth-order valence-corrected chi connectivity index (χ4v) is 2.40. The fraction of sp³-hybridized carbons (Fsp3) is 0.538. The SMILES string of the molecule is CC1=CC(C(C=O)CC=O)CC(C=O)C1C=O. The first kappa shape index (κ1) is 13.5. The lowest BCUT2D eigenvalue weighted by molar-refractivity contribution is -0.120. The van der Waals surface area contributed by atoms with Crippen LogP contribution in [0.4, 0.5) is 0 Å². The van der Waals surface area contributed by atoms with Gasteiger partial charge in [-0.3, -0.25) is 0 Å². The van der Waals surface area contributed by atoms with Gasteiger partial charge in [-0.15, -0.1) is 0 Å². The molecule has 0 spiro atoms. The monoisotopic (exact) mass is 236 g/mol. The molecular weight excluding hydrogens is 220 g/mol. The van der Waals surface area contributed by atoms with E-state index in [0.29, 0.717) is 12.7 Å². The number of carbonyl (C=O) groups is 4. The van der Waals surface area contributed by atoms with Gasteiger partial charge in [-0.05, 0) is 19.3 Å². The number of aldehydes is 4. The molecule has 0 amide bonds. The van der Waals surface area contributed by atoms with Gasteiger partial charge < -0.3 is 19.2 Å². The molecule has 0 aliphatic heterocycles. The number of hydrogen-bond acceptors (Lipinski definition) is 4. The van der Waals surface area contributed by atoms with Gasteiger partial charge in [0.25, 0.3) is 0 Å². The Morgan fingerprint density at radius 3 is 2.47 bits per heavy atom. The minimum Gasteiger partial charge on any atom is -0.303 e. The molecule has 4 unspecified atom stereocenters. The van der Waals surface area contributed by atoms with Crippen molar-refractivity contribution in [1.29, 1.82) is 0 Å². The van der Waals surface area contributed by atoms with Gasteiger partial charge in [-0.25, -0.2) is 0 Å². The molecule has 1 aliphatic carbocycles. The van der Waals surface area contributed by atoms with Crippen molar-refractivity contribution in [3.05, 3.63) is 11.6 Å². The van der Waals surface area contributed by atoms with E-state index in [0.717, 1.165) is 24.4 Å². The predicted octanol–water partition coefficient (Wildman–Crippen LogP) is 0.987. The molecule has 4 heteroatoms. The lowest BCUT2D eigenvalue weighted by Crippen LogP contribution is -2.30. The lowest BCUT2D eigenvalue weighted by atomic mass is 9.72. The maximum atomic E-state index is 10.9. The van der Waals surface area contributed by atoms with Crippen LogP contribution in [-0.4, -0.2) is 25.1 Å². The Kier molecular flexibility index (Phi) is 4.94. The summed E-state index contributed by atoms with van der Waals surface area (Å²) in [7, 11) is 0. The van der Waals surface area contributed by atoms with Crippen LogP contribution in [-0.2, 0) is 19.2 Å². The number of rotatable bonds is 6. The Hall–Kier alpha value is -1.58. The molecule has 0 saturated carbocycles. The van der Waals surface area contributed by atoms with Crippen LogP contribution >= 0.6 is 0 Å². The maximum Gasteiger partial charge on any atom is 0.127 e. The summed E-state index contributed by atoms with van der Waals surface area (Å²) >= 11 is 0. The lowest BCUT2D eigenvalue weighted by Gasteiger charge is -2.31. The van der Waals surface area contributed by atoms with Crippen molar-refractivity contribution in [2.75, 3.05) is 0 Å². The maximum absolute atomic E-state index is 10.9. The molecule has 4 atom stereocenters. The Labute approximate surface area is 100 Å². The van der Waals surface area contributed by atoms with E-state index in [2.05, 4.69) is 0 Å².